The van der Waals surface area contributed by atoms with Gasteiger partial charge in [-0.25, -0.2) is 0 Å². The zero-order valence-electron chi connectivity index (χ0n) is 7.83. The van der Waals surface area contributed by atoms with Gasteiger partial charge < -0.3 is 6.15 Å². The second-order valence-electron chi connectivity index (χ2n) is 2.88. The highest BCUT2D eigenvalue weighted by Gasteiger charge is 1.93. The zero-order valence-corrected chi connectivity index (χ0v) is 7.83. The van der Waals surface area contributed by atoms with Crippen LogP contribution in [0, 0.1) is 0 Å². The van der Waals surface area contributed by atoms with E-state index in [2.05, 4.69) is 36.2 Å². The van der Waals surface area contributed by atoms with Crippen LogP contribution in [0.25, 0.3) is 10.9 Å². The number of pyridine rings is 1. The third-order valence-corrected chi connectivity index (χ3v) is 2.08. The normalized spacial score (nSPS) is 9.62. The maximum atomic E-state index is 4.26. The van der Waals surface area contributed by atoms with Gasteiger partial charge in [0.05, 0.1) is 5.52 Å². The number of fused-ring (bicyclic) bond motifs is 1. The lowest BCUT2D eigenvalue weighted by Gasteiger charge is -1.98. The lowest BCUT2D eigenvalue weighted by atomic mass is 10.1. The van der Waals surface area contributed by atoms with Crippen LogP contribution < -0.4 is 6.15 Å². The summed E-state index contributed by atoms with van der Waals surface area (Å²) in [5, 5.41) is 1.23. The molecule has 1 heterocycles. The van der Waals surface area contributed by atoms with Crippen molar-refractivity contribution in [3.63, 3.8) is 0 Å². The number of rotatable bonds is 1. The molecule has 0 fully saturated rings. The maximum absolute atomic E-state index is 4.26. The fourth-order valence-corrected chi connectivity index (χ4v) is 1.34. The molecule has 68 valence electrons. The van der Waals surface area contributed by atoms with Crippen LogP contribution in [0.3, 0.4) is 0 Å². The molecular weight excluding hydrogens is 160 g/mol. The molecule has 0 bridgehead atoms. The topological polar surface area (TPSA) is 47.9 Å². The Morgan fingerprint density at radius 2 is 2.08 bits per heavy atom. The van der Waals surface area contributed by atoms with Crippen molar-refractivity contribution in [2.45, 2.75) is 13.3 Å². The molecule has 1 aromatic heterocycles. The lowest BCUT2D eigenvalue weighted by Crippen LogP contribution is -1.81. The Labute approximate surface area is 78.2 Å². The van der Waals surface area contributed by atoms with Crippen molar-refractivity contribution in [1.29, 1.82) is 0 Å². The molecule has 2 heteroatoms. The number of nitrogens with zero attached hydrogens (tertiary/aromatic N) is 1. The summed E-state index contributed by atoms with van der Waals surface area (Å²) in [5.74, 6) is 0. The third-order valence-electron chi connectivity index (χ3n) is 2.08. The van der Waals surface area contributed by atoms with Crippen molar-refractivity contribution in [2.24, 2.45) is 0 Å². The molecule has 0 aliphatic carbocycles. The largest absolute Gasteiger partial charge is 0.344 e. The summed E-state index contributed by atoms with van der Waals surface area (Å²) in [6.07, 6.45) is 2.92. The molecule has 0 spiro atoms. The van der Waals surface area contributed by atoms with Crippen molar-refractivity contribution in [1.82, 2.24) is 11.1 Å². The van der Waals surface area contributed by atoms with E-state index >= 15 is 0 Å². The number of aromatic nitrogens is 1. The van der Waals surface area contributed by atoms with Gasteiger partial charge in [-0.15, -0.1) is 0 Å². The predicted molar refractivity (Wildman–Crippen MR) is 56.1 cm³/mol. The number of aryl methyl sites for hydroxylation is 1. The highest BCUT2D eigenvalue weighted by molar-refractivity contribution is 5.78. The molecule has 0 amide bonds. The third kappa shape index (κ3) is 1.84. The Bertz CT molecular complexity index is 396. The molecule has 0 aliphatic heterocycles. The fourth-order valence-electron chi connectivity index (χ4n) is 1.34. The number of benzene rings is 1. The van der Waals surface area contributed by atoms with Crippen molar-refractivity contribution < 1.29 is 0 Å². The molecule has 3 N–H and O–H groups in total. The van der Waals surface area contributed by atoms with E-state index in [4.69, 9.17) is 0 Å². The van der Waals surface area contributed by atoms with Crippen LogP contribution in [-0.4, -0.2) is 4.98 Å². The summed E-state index contributed by atoms with van der Waals surface area (Å²) in [6.45, 7) is 2.16. The standard InChI is InChI=1S/C11H11N.H3N/c1-2-9-5-6-11-10(8-9)4-3-7-12-11;/h3-8H,2H2,1H3;1H3. The van der Waals surface area contributed by atoms with Crippen molar-refractivity contribution >= 4 is 10.9 Å². The molecule has 1 aromatic carbocycles. The number of hydrogen-bond donors (Lipinski definition) is 1. The van der Waals surface area contributed by atoms with Crippen molar-refractivity contribution in [2.75, 3.05) is 0 Å². The summed E-state index contributed by atoms with van der Waals surface area (Å²) in [6, 6.07) is 10.5. The highest BCUT2D eigenvalue weighted by Crippen LogP contribution is 2.13. The van der Waals surface area contributed by atoms with Crippen molar-refractivity contribution in [3.05, 3.63) is 42.1 Å². The first-order chi connectivity index (χ1) is 5.90. The van der Waals surface area contributed by atoms with Crippen LogP contribution >= 0.6 is 0 Å². The van der Waals surface area contributed by atoms with Crippen LogP contribution in [0.5, 0.6) is 0 Å². The first kappa shape index (κ1) is 9.68. The zero-order chi connectivity index (χ0) is 8.39. The van der Waals surface area contributed by atoms with E-state index in [0.29, 0.717) is 0 Å². The van der Waals surface area contributed by atoms with Gasteiger partial charge in [0.2, 0.25) is 0 Å². The van der Waals surface area contributed by atoms with Crippen LogP contribution in [0.4, 0.5) is 0 Å². The average Bonchev–Trinajstić information content (AvgIpc) is 2.17. The molecule has 0 saturated carbocycles. The van der Waals surface area contributed by atoms with Gasteiger partial charge in [-0.2, -0.15) is 0 Å². The van der Waals surface area contributed by atoms with E-state index < -0.39 is 0 Å². The minimum atomic E-state index is 0. The second kappa shape index (κ2) is 4.01. The van der Waals surface area contributed by atoms with E-state index in [-0.39, 0.29) is 6.15 Å². The molecule has 2 nitrogen and oxygen atoms in total. The Kier molecular flexibility index (Phi) is 2.98. The summed E-state index contributed by atoms with van der Waals surface area (Å²) >= 11 is 0. The minimum Gasteiger partial charge on any atom is -0.344 e. The van der Waals surface area contributed by atoms with Gasteiger partial charge in [0.15, 0.2) is 0 Å². The Hall–Kier alpha value is -1.41. The Morgan fingerprint density at radius 1 is 1.23 bits per heavy atom. The van der Waals surface area contributed by atoms with E-state index in [0.717, 1.165) is 11.9 Å². The van der Waals surface area contributed by atoms with Crippen LogP contribution in [0.15, 0.2) is 36.5 Å². The SMILES string of the molecule is CCc1ccc2ncccc2c1.N. The van der Waals surface area contributed by atoms with Gasteiger partial charge in [-0.3, -0.25) is 4.98 Å². The van der Waals surface area contributed by atoms with Gasteiger partial charge in [0, 0.05) is 11.6 Å². The first-order valence-electron chi connectivity index (χ1n) is 4.24. The number of hydrogen-bond acceptors (Lipinski definition) is 2. The minimum absolute atomic E-state index is 0. The van der Waals surface area contributed by atoms with Crippen LogP contribution in [0.1, 0.15) is 12.5 Å². The maximum Gasteiger partial charge on any atom is 0.0702 e. The van der Waals surface area contributed by atoms with E-state index in [1.165, 1.54) is 10.9 Å². The molecule has 0 radical (unpaired) electrons. The van der Waals surface area contributed by atoms with E-state index in [1.807, 2.05) is 12.3 Å². The van der Waals surface area contributed by atoms with Gasteiger partial charge in [-0.05, 0) is 30.2 Å². The molecule has 13 heavy (non-hydrogen) atoms. The molecule has 0 unspecified atom stereocenters. The molecule has 0 aliphatic rings. The molecular formula is C11H14N2. The Morgan fingerprint density at radius 3 is 2.85 bits per heavy atom. The molecule has 2 rings (SSSR count). The van der Waals surface area contributed by atoms with Gasteiger partial charge in [0.1, 0.15) is 0 Å². The first-order valence-corrected chi connectivity index (χ1v) is 4.24. The smallest absolute Gasteiger partial charge is 0.0702 e. The average molecular weight is 174 g/mol. The monoisotopic (exact) mass is 174 g/mol. The van der Waals surface area contributed by atoms with Gasteiger partial charge >= 0.3 is 0 Å². The predicted octanol–water partition coefficient (Wildman–Crippen LogP) is 2.96. The fraction of sp³-hybridized carbons (Fsp3) is 0.182. The summed E-state index contributed by atoms with van der Waals surface area (Å²) < 4.78 is 0. The molecule has 0 saturated heterocycles. The van der Waals surface area contributed by atoms with E-state index in [1.54, 1.807) is 0 Å². The summed E-state index contributed by atoms with van der Waals surface area (Å²) in [7, 11) is 0. The lowest BCUT2D eigenvalue weighted by molar-refractivity contribution is 1.14. The highest BCUT2D eigenvalue weighted by atomic mass is 14.6. The molecule has 0 atom stereocenters. The van der Waals surface area contributed by atoms with Crippen LogP contribution in [0.2, 0.25) is 0 Å². The summed E-state index contributed by atoms with van der Waals surface area (Å²) in [4.78, 5) is 4.26. The molecule has 2 aromatic rings. The summed E-state index contributed by atoms with van der Waals surface area (Å²) in [5.41, 5.74) is 2.45. The van der Waals surface area contributed by atoms with E-state index in [9.17, 15) is 0 Å². The van der Waals surface area contributed by atoms with Gasteiger partial charge in [-0.1, -0.05) is 19.1 Å². The van der Waals surface area contributed by atoms with Crippen LogP contribution in [-0.2, 0) is 6.42 Å². The van der Waals surface area contributed by atoms with Gasteiger partial charge in [0.25, 0.3) is 0 Å². The Balaban J connectivity index is 0.000000845. The van der Waals surface area contributed by atoms with Crippen molar-refractivity contribution in [3.8, 4) is 0 Å². The quantitative estimate of drug-likeness (QED) is 0.722. The second-order valence-corrected chi connectivity index (χ2v) is 2.88.